The van der Waals surface area contributed by atoms with Crippen molar-refractivity contribution in [3.05, 3.63) is 10.4 Å². The molecule has 100 valence electrons. The highest BCUT2D eigenvalue weighted by atomic mass is 16.6. The minimum atomic E-state index is -0.828. The van der Waals surface area contributed by atoms with Gasteiger partial charge >= 0.3 is 11.9 Å². The number of carbonyl (C=O) groups excluding carboxylic acids is 2. The third-order valence-corrected chi connectivity index (χ3v) is 2.51. The molecule has 1 aliphatic rings. The highest BCUT2D eigenvalue weighted by molar-refractivity contribution is 5.67. The van der Waals surface area contributed by atoms with Crippen LogP contribution in [0.1, 0.15) is 20.8 Å². The quantitative estimate of drug-likeness (QED) is 0.323. The maximum absolute atomic E-state index is 11.1. The molecule has 0 bridgehead atoms. The Kier molecular flexibility index (Phi) is 4.94. The number of hydrogen-bond donors (Lipinski definition) is 0. The van der Waals surface area contributed by atoms with Crippen LogP contribution in [-0.2, 0) is 23.8 Å². The Balaban J connectivity index is 2.92. The van der Waals surface area contributed by atoms with Crippen LogP contribution >= 0.6 is 0 Å². The smallest absolute Gasteiger partial charge is 0.303 e. The first-order valence-electron chi connectivity index (χ1n) is 5.46. The zero-order chi connectivity index (χ0) is 13.7. The van der Waals surface area contributed by atoms with Crippen LogP contribution in [0.5, 0.6) is 0 Å². The van der Waals surface area contributed by atoms with E-state index in [1.54, 1.807) is 6.92 Å². The summed E-state index contributed by atoms with van der Waals surface area (Å²) < 4.78 is 15.4. The lowest BCUT2D eigenvalue weighted by Gasteiger charge is -2.37. The lowest BCUT2D eigenvalue weighted by molar-refractivity contribution is -0.189. The Bertz CT molecular complexity index is 380. The van der Waals surface area contributed by atoms with Crippen molar-refractivity contribution in [1.82, 2.24) is 0 Å². The largest absolute Gasteiger partial charge is 0.458 e. The Morgan fingerprint density at radius 1 is 1.33 bits per heavy atom. The van der Waals surface area contributed by atoms with Crippen molar-refractivity contribution in [1.29, 1.82) is 0 Å². The molecule has 8 nitrogen and oxygen atoms in total. The van der Waals surface area contributed by atoms with Crippen LogP contribution in [0.3, 0.4) is 0 Å². The molecular formula is C10H15N3O5. The lowest BCUT2D eigenvalue weighted by Crippen LogP contribution is -2.54. The number of carbonyl (C=O) groups is 2. The van der Waals surface area contributed by atoms with Gasteiger partial charge in [0.2, 0.25) is 0 Å². The van der Waals surface area contributed by atoms with E-state index in [0.717, 1.165) is 0 Å². The summed E-state index contributed by atoms with van der Waals surface area (Å²) in [5, 5.41) is 3.54. The molecular weight excluding hydrogens is 242 g/mol. The molecule has 0 amide bonds. The van der Waals surface area contributed by atoms with Gasteiger partial charge < -0.3 is 14.2 Å². The number of nitrogens with zero attached hydrogens (tertiary/aromatic N) is 3. The van der Waals surface area contributed by atoms with Crippen LogP contribution in [0.4, 0.5) is 0 Å². The van der Waals surface area contributed by atoms with Gasteiger partial charge in [0, 0.05) is 18.8 Å². The first-order chi connectivity index (χ1) is 8.45. The van der Waals surface area contributed by atoms with Crippen LogP contribution in [-0.4, -0.2) is 42.9 Å². The van der Waals surface area contributed by atoms with Gasteiger partial charge in [-0.15, -0.1) is 0 Å². The van der Waals surface area contributed by atoms with Crippen molar-refractivity contribution in [2.75, 3.05) is 6.61 Å². The molecule has 4 unspecified atom stereocenters. The minimum Gasteiger partial charge on any atom is -0.458 e. The summed E-state index contributed by atoms with van der Waals surface area (Å²) in [6.07, 6.45) is -2.01. The van der Waals surface area contributed by atoms with Crippen molar-refractivity contribution in [2.24, 2.45) is 5.11 Å². The highest BCUT2D eigenvalue weighted by Gasteiger charge is 2.42. The van der Waals surface area contributed by atoms with Gasteiger partial charge in [0.05, 0.1) is 12.7 Å². The van der Waals surface area contributed by atoms with E-state index < -0.39 is 36.3 Å². The van der Waals surface area contributed by atoms with Crippen LogP contribution in [0.2, 0.25) is 0 Å². The molecule has 1 fully saturated rings. The first-order valence-corrected chi connectivity index (χ1v) is 5.46. The Hall–Kier alpha value is -1.79. The second kappa shape index (κ2) is 6.23. The Morgan fingerprint density at radius 3 is 2.44 bits per heavy atom. The third kappa shape index (κ3) is 3.61. The highest BCUT2D eigenvalue weighted by Crippen LogP contribution is 2.23. The number of hydrogen-bond acceptors (Lipinski definition) is 6. The summed E-state index contributed by atoms with van der Waals surface area (Å²) in [5.41, 5.74) is 8.51. The summed E-state index contributed by atoms with van der Waals surface area (Å²) in [4.78, 5) is 24.7. The van der Waals surface area contributed by atoms with E-state index in [1.165, 1.54) is 13.8 Å². The fourth-order valence-corrected chi connectivity index (χ4v) is 1.80. The fourth-order valence-electron chi connectivity index (χ4n) is 1.80. The van der Waals surface area contributed by atoms with Crippen molar-refractivity contribution in [3.8, 4) is 0 Å². The molecule has 0 aromatic rings. The van der Waals surface area contributed by atoms with Crippen LogP contribution in [0.25, 0.3) is 10.4 Å². The van der Waals surface area contributed by atoms with E-state index in [0.29, 0.717) is 0 Å². The van der Waals surface area contributed by atoms with Crippen molar-refractivity contribution >= 4 is 11.9 Å². The molecule has 0 radical (unpaired) electrons. The third-order valence-electron chi connectivity index (χ3n) is 2.51. The van der Waals surface area contributed by atoms with Crippen molar-refractivity contribution < 1.29 is 23.8 Å². The number of esters is 2. The molecule has 1 saturated heterocycles. The second-order valence-corrected chi connectivity index (χ2v) is 3.96. The molecule has 1 heterocycles. The summed E-state index contributed by atoms with van der Waals surface area (Å²) in [6, 6.07) is -0.725. The maximum Gasteiger partial charge on any atom is 0.303 e. The molecule has 0 aromatic heterocycles. The van der Waals surface area contributed by atoms with Crippen LogP contribution < -0.4 is 0 Å². The predicted octanol–water partition coefficient (Wildman–Crippen LogP) is 0.947. The van der Waals surface area contributed by atoms with Gasteiger partial charge in [-0.1, -0.05) is 5.11 Å². The first kappa shape index (κ1) is 14.3. The van der Waals surface area contributed by atoms with Gasteiger partial charge in [0.1, 0.15) is 6.04 Å². The standard InChI is InChI=1S/C10H15N3O5/c1-5-9(12-13-11)10(18-7(3)15)8(4-16-5)17-6(2)14/h5,8-10H,4H2,1-3H3. The zero-order valence-electron chi connectivity index (χ0n) is 10.4. The van der Waals surface area contributed by atoms with Crippen molar-refractivity contribution in [2.45, 2.75) is 45.1 Å². The molecule has 0 aromatic carbocycles. The van der Waals surface area contributed by atoms with Gasteiger partial charge in [-0.3, -0.25) is 9.59 Å². The average Bonchev–Trinajstić information content (AvgIpc) is 2.26. The second-order valence-electron chi connectivity index (χ2n) is 3.96. The fraction of sp³-hybridized carbons (Fsp3) is 0.800. The van der Waals surface area contributed by atoms with E-state index in [2.05, 4.69) is 10.0 Å². The summed E-state index contributed by atoms with van der Waals surface area (Å²) in [7, 11) is 0. The molecule has 4 atom stereocenters. The van der Waals surface area contributed by atoms with Gasteiger partial charge in [-0.05, 0) is 12.5 Å². The molecule has 0 saturated carbocycles. The Morgan fingerprint density at radius 2 is 1.94 bits per heavy atom. The number of ether oxygens (including phenoxy) is 3. The average molecular weight is 257 g/mol. The molecule has 8 heteroatoms. The lowest BCUT2D eigenvalue weighted by atomic mass is 9.98. The van der Waals surface area contributed by atoms with Crippen LogP contribution in [0.15, 0.2) is 5.11 Å². The van der Waals surface area contributed by atoms with E-state index in [4.69, 9.17) is 19.7 Å². The van der Waals surface area contributed by atoms with Crippen LogP contribution in [0, 0.1) is 0 Å². The summed E-state index contributed by atoms with van der Waals surface area (Å²) in [5.74, 6) is -1.06. The summed E-state index contributed by atoms with van der Waals surface area (Å²) >= 11 is 0. The van der Waals surface area contributed by atoms with Gasteiger partial charge in [-0.25, -0.2) is 0 Å². The molecule has 0 spiro atoms. The van der Waals surface area contributed by atoms with E-state index in [-0.39, 0.29) is 6.61 Å². The molecule has 18 heavy (non-hydrogen) atoms. The maximum atomic E-state index is 11.1. The molecule has 0 aliphatic carbocycles. The minimum absolute atomic E-state index is 0.0934. The normalized spacial score (nSPS) is 31.1. The van der Waals surface area contributed by atoms with E-state index in [9.17, 15) is 9.59 Å². The zero-order valence-corrected chi connectivity index (χ0v) is 10.4. The van der Waals surface area contributed by atoms with Gasteiger partial charge in [-0.2, -0.15) is 0 Å². The molecule has 1 rings (SSSR count). The monoisotopic (exact) mass is 257 g/mol. The predicted molar refractivity (Wildman–Crippen MR) is 59.5 cm³/mol. The number of azide groups is 1. The van der Waals surface area contributed by atoms with Crippen molar-refractivity contribution in [3.63, 3.8) is 0 Å². The van der Waals surface area contributed by atoms with Gasteiger partial charge in [0.25, 0.3) is 0 Å². The summed E-state index contributed by atoms with van der Waals surface area (Å²) in [6.45, 7) is 4.26. The van der Waals surface area contributed by atoms with E-state index in [1.807, 2.05) is 0 Å². The molecule has 0 N–H and O–H groups in total. The number of rotatable bonds is 3. The SMILES string of the molecule is CC(=O)OC1COC(C)C(N=[N+]=[N-])C1OC(C)=O. The van der Waals surface area contributed by atoms with E-state index >= 15 is 0 Å². The Labute approximate surface area is 104 Å². The molecule has 1 aliphatic heterocycles. The van der Waals surface area contributed by atoms with Gasteiger partial charge in [0.15, 0.2) is 12.2 Å². The topological polar surface area (TPSA) is 111 Å².